The summed E-state index contributed by atoms with van der Waals surface area (Å²) in [6, 6.07) is 16.3. The Hall–Kier alpha value is -3.22. The summed E-state index contributed by atoms with van der Waals surface area (Å²) in [5.74, 6) is 2.92. The fraction of sp³-hybridized carbons (Fsp3) is 0.417. The number of rotatable bonds is 8. The minimum atomic E-state index is 0.244. The zero-order chi connectivity index (χ0) is 21.5. The number of amides is 1. The van der Waals surface area contributed by atoms with Crippen LogP contribution in [0.4, 0.5) is 0 Å². The van der Waals surface area contributed by atoms with E-state index in [9.17, 15) is 4.79 Å². The number of nitrogens with one attached hydrogen (secondary N) is 2. The van der Waals surface area contributed by atoms with E-state index < -0.39 is 0 Å². The highest BCUT2D eigenvalue weighted by Crippen LogP contribution is 2.32. The van der Waals surface area contributed by atoms with Crippen molar-refractivity contribution < 1.29 is 14.3 Å². The quantitative estimate of drug-likeness (QED) is 0.504. The minimum Gasteiger partial charge on any atom is -0.454 e. The van der Waals surface area contributed by atoms with Crippen LogP contribution in [-0.2, 0) is 17.6 Å². The topological polar surface area (TPSA) is 75.2 Å². The van der Waals surface area contributed by atoms with E-state index in [1.54, 1.807) is 7.05 Å². The van der Waals surface area contributed by atoms with E-state index >= 15 is 0 Å². The highest BCUT2D eigenvalue weighted by molar-refractivity contribution is 5.80. The molecule has 164 valence electrons. The maximum Gasteiger partial charge on any atom is 0.231 e. The second kappa shape index (κ2) is 10.2. The molecule has 7 heteroatoms. The summed E-state index contributed by atoms with van der Waals surface area (Å²) in [6.07, 6.45) is 2.35. The monoisotopic (exact) mass is 422 g/mol. The molecule has 7 nitrogen and oxygen atoms in total. The van der Waals surface area contributed by atoms with E-state index in [1.807, 2.05) is 35.2 Å². The van der Waals surface area contributed by atoms with Crippen LogP contribution in [0.15, 0.2) is 53.5 Å². The highest BCUT2D eigenvalue weighted by Gasteiger charge is 2.29. The first-order valence-corrected chi connectivity index (χ1v) is 10.9. The number of guanidine groups is 1. The summed E-state index contributed by atoms with van der Waals surface area (Å²) in [4.78, 5) is 18.6. The molecule has 2 aliphatic heterocycles. The van der Waals surface area contributed by atoms with Gasteiger partial charge in [-0.15, -0.1) is 0 Å². The predicted molar refractivity (Wildman–Crippen MR) is 120 cm³/mol. The lowest BCUT2D eigenvalue weighted by Gasteiger charge is -2.18. The van der Waals surface area contributed by atoms with Gasteiger partial charge in [0.15, 0.2) is 17.5 Å². The molecule has 2 heterocycles. The number of benzene rings is 2. The second-order valence-corrected chi connectivity index (χ2v) is 7.96. The summed E-state index contributed by atoms with van der Waals surface area (Å²) in [5.41, 5.74) is 2.45. The van der Waals surface area contributed by atoms with Crippen molar-refractivity contribution in [3.8, 4) is 11.5 Å². The fourth-order valence-electron chi connectivity index (χ4n) is 4.00. The van der Waals surface area contributed by atoms with Gasteiger partial charge in [-0.3, -0.25) is 9.79 Å². The van der Waals surface area contributed by atoms with Crippen LogP contribution >= 0.6 is 0 Å². The van der Waals surface area contributed by atoms with Gasteiger partial charge in [-0.1, -0.05) is 36.4 Å². The number of likely N-dealkylation sites (tertiary alicyclic amines) is 1. The molecule has 1 amide bonds. The van der Waals surface area contributed by atoms with E-state index in [4.69, 9.17) is 9.47 Å². The van der Waals surface area contributed by atoms with Crippen molar-refractivity contribution in [3.63, 3.8) is 0 Å². The Bertz CT molecular complexity index is 916. The van der Waals surface area contributed by atoms with Crippen LogP contribution in [-0.4, -0.2) is 56.8 Å². The van der Waals surface area contributed by atoms with E-state index in [0.717, 1.165) is 56.5 Å². The molecule has 4 rings (SSSR count). The lowest BCUT2D eigenvalue weighted by Crippen LogP contribution is -2.41. The molecule has 0 aliphatic carbocycles. The molecule has 0 radical (unpaired) electrons. The Kier molecular flexibility index (Phi) is 6.92. The maximum absolute atomic E-state index is 12.4. The Morgan fingerprint density at radius 1 is 1.06 bits per heavy atom. The Labute approximate surface area is 183 Å². The maximum atomic E-state index is 12.4. The number of aliphatic imine (C=N–C) groups is 1. The molecular formula is C24H30N4O3. The van der Waals surface area contributed by atoms with Crippen molar-refractivity contribution in [1.29, 1.82) is 0 Å². The van der Waals surface area contributed by atoms with E-state index in [-0.39, 0.29) is 5.91 Å². The number of fused-ring (bicyclic) bond motifs is 1. The minimum absolute atomic E-state index is 0.244. The van der Waals surface area contributed by atoms with E-state index in [1.165, 1.54) is 11.1 Å². The van der Waals surface area contributed by atoms with Gasteiger partial charge < -0.3 is 25.0 Å². The van der Waals surface area contributed by atoms with Crippen LogP contribution in [0.3, 0.4) is 0 Å². The number of carbonyl (C=O) groups is 1. The van der Waals surface area contributed by atoms with Crippen molar-refractivity contribution in [2.45, 2.75) is 19.3 Å². The third-order valence-corrected chi connectivity index (χ3v) is 5.73. The van der Waals surface area contributed by atoms with E-state index in [0.29, 0.717) is 19.1 Å². The van der Waals surface area contributed by atoms with Crippen LogP contribution in [0.2, 0.25) is 0 Å². The molecular weight excluding hydrogens is 392 g/mol. The van der Waals surface area contributed by atoms with Gasteiger partial charge in [-0.05, 0) is 36.1 Å². The summed E-state index contributed by atoms with van der Waals surface area (Å²) >= 11 is 0. The average molecular weight is 423 g/mol. The number of hydrogen-bond acceptors (Lipinski definition) is 4. The molecule has 2 aromatic rings. The van der Waals surface area contributed by atoms with E-state index in [2.05, 4.69) is 33.8 Å². The zero-order valence-corrected chi connectivity index (χ0v) is 18.0. The second-order valence-electron chi connectivity index (χ2n) is 7.96. The first-order chi connectivity index (χ1) is 15.2. The summed E-state index contributed by atoms with van der Waals surface area (Å²) < 4.78 is 10.8. The molecule has 2 aromatic carbocycles. The van der Waals surface area contributed by atoms with Gasteiger partial charge in [0.2, 0.25) is 12.7 Å². The molecule has 0 bridgehead atoms. The molecule has 1 saturated heterocycles. The van der Waals surface area contributed by atoms with Crippen LogP contribution < -0.4 is 20.1 Å². The molecule has 1 atom stereocenters. The molecule has 0 aromatic heterocycles. The zero-order valence-electron chi connectivity index (χ0n) is 18.0. The van der Waals surface area contributed by atoms with Crippen molar-refractivity contribution in [1.82, 2.24) is 15.5 Å². The van der Waals surface area contributed by atoms with Crippen LogP contribution in [0, 0.1) is 5.92 Å². The molecule has 31 heavy (non-hydrogen) atoms. The molecule has 2 N–H and O–H groups in total. The van der Waals surface area contributed by atoms with Crippen molar-refractivity contribution in [2.24, 2.45) is 10.9 Å². The van der Waals surface area contributed by atoms with Gasteiger partial charge in [0.1, 0.15) is 0 Å². The number of hydrogen-bond donors (Lipinski definition) is 2. The number of carbonyl (C=O) groups excluding carboxylic acids is 1. The molecule has 2 aliphatic rings. The normalized spacial score (nSPS) is 17.8. The van der Waals surface area contributed by atoms with Gasteiger partial charge in [0.05, 0.1) is 0 Å². The van der Waals surface area contributed by atoms with Crippen molar-refractivity contribution in [3.05, 3.63) is 59.7 Å². The first kappa shape index (κ1) is 21.0. The van der Waals surface area contributed by atoms with Gasteiger partial charge in [0, 0.05) is 45.6 Å². The van der Waals surface area contributed by atoms with Crippen LogP contribution in [0.1, 0.15) is 17.5 Å². The Morgan fingerprint density at radius 2 is 1.90 bits per heavy atom. The molecule has 1 unspecified atom stereocenters. The summed E-state index contributed by atoms with van der Waals surface area (Å²) in [6.45, 7) is 3.36. The fourth-order valence-corrected chi connectivity index (χ4v) is 4.00. The van der Waals surface area contributed by atoms with Gasteiger partial charge >= 0.3 is 0 Å². The molecule has 1 fully saturated rings. The average Bonchev–Trinajstić information content (AvgIpc) is 3.41. The lowest BCUT2D eigenvalue weighted by molar-refractivity contribution is -0.127. The summed E-state index contributed by atoms with van der Waals surface area (Å²) in [5, 5.41) is 6.72. The summed E-state index contributed by atoms with van der Waals surface area (Å²) in [7, 11) is 1.77. The number of ether oxygens (including phenoxy) is 2. The molecule has 0 saturated carbocycles. The lowest BCUT2D eigenvalue weighted by atomic mass is 10.1. The van der Waals surface area contributed by atoms with Crippen LogP contribution in [0.5, 0.6) is 11.5 Å². The number of nitrogens with zero attached hydrogens (tertiary/aromatic N) is 2. The SMILES string of the molecule is CN=C(NCCc1ccc2c(c1)OCO2)NCC1CC(=O)N(CCc2ccccc2)C1. The third-order valence-electron chi connectivity index (χ3n) is 5.73. The first-order valence-electron chi connectivity index (χ1n) is 10.9. The standard InChI is InChI=1S/C24H30N4O3/c1-25-24(26-11-9-19-7-8-21-22(13-19)31-17-30-21)27-15-20-14-23(29)28(16-20)12-10-18-5-3-2-4-6-18/h2-8,13,20H,9-12,14-17H2,1H3,(H2,25,26,27). The highest BCUT2D eigenvalue weighted by atomic mass is 16.7. The Balaban J connectivity index is 1.17. The smallest absolute Gasteiger partial charge is 0.231 e. The predicted octanol–water partition coefficient (Wildman–Crippen LogP) is 2.21. The molecule has 0 spiro atoms. The van der Waals surface area contributed by atoms with Gasteiger partial charge in [-0.25, -0.2) is 0 Å². The van der Waals surface area contributed by atoms with Gasteiger partial charge in [-0.2, -0.15) is 0 Å². The van der Waals surface area contributed by atoms with Crippen molar-refractivity contribution >= 4 is 11.9 Å². The third kappa shape index (κ3) is 5.69. The van der Waals surface area contributed by atoms with Gasteiger partial charge in [0.25, 0.3) is 0 Å². The van der Waals surface area contributed by atoms with Crippen molar-refractivity contribution in [2.75, 3.05) is 40.0 Å². The largest absolute Gasteiger partial charge is 0.454 e. The Morgan fingerprint density at radius 3 is 2.74 bits per heavy atom. The van der Waals surface area contributed by atoms with Crippen LogP contribution in [0.25, 0.3) is 0 Å².